The number of benzene rings is 1. The molecule has 0 unspecified atom stereocenters. The minimum atomic E-state index is -0.463. The Labute approximate surface area is 172 Å². The zero-order chi connectivity index (χ0) is 20.7. The highest BCUT2D eigenvalue weighted by atomic mass is 19.1. The number of rotatable bonds is 4. The van der Waals surface area contributed by atoms with E-state index in [-0.39, 0.29) is 11.3 Å². The Morgan fingerprint density at radius 1 is 1.03 bits per heavy atom. The van der Waals surface area contributed by atoms with Crippen LogP contribution in [0.15, 0.2) is 49.1 Å². The number of H-pyrrole nitrogens is 1. The van der Waals surface area contributed by atoms with Crippen LogP contribution in [-0.2, 0) is 0 Å². The maximum atomic E-state index is 15.2. The summed E-state index contributed by atoms with van der Waals surface area (Å²) < 4.78 is 15.2. The highest BCUT2D eigenvalue weighted by molar-refractivity contribution is 6.16. The lowest BCUT2D eigenvalue weighted by atomic mass is 10.0. The van der Waals surface area contributed by atoms with E-state index in [1.165, 1.54) is 0 Å². The van der Waals surface area contributed by atoms with Gasteiger partial charge in [0.05, 0.1) is 11.3 Å². The molecular formula is C23H20FN5O. The van der Waals surface area contributed by atoms with E-state index in [0.29, 0.717) is 28.1 Å². The Morgan fingerprint density at radius 3 is 2.53 bits per heavy atom. The molecule has 1 saturated heterocycles. The highest BCUT2D eigenvalue weighted by Crippen LogP contribution is 2.30. The van der Waals surface area contributed by atoms with Crippen LogP contribution in [0.2, 0.25) is 0 Å². The normalized spacial score (nSPS) is 13.9. The number of aryl methyl sites for hydroxylation is 1. The number of pyridine rings is 1. The molecule has 1 aliphatic rings. The molecule has 1 aliphatic heterocycles. The first-order valence-corrected chi connectivity index (χ1v) is 9.96. The smallest absolute Gasteiger partial charge is 0.198 e. The third kappa shape index (κ3) is 3.12. The summed E-state index contributed by atoms with van der Waals surface area (Å²) in [5, 5.41) is 0.643. The van der Waals surface area contributed by atoms with Gasteiger partial charge in [-0.25, -0.2) is 19.3 Å². The van der Waals surface area contributed by atoms with Crippen molar-refractivity contribution in [3.63, 3.8) is 0 Å². The number of aromatic nitrogens is 4. The molecule has 0 aliphatic carbocycles. The van der Waals surface area contributed by atoms with Gasteiger partial charge in [-0.15, -0.1) is 0 Å². The second kappa shape index (κ2) is 7.33. The predicted octanol–water partition coefficient (Wildman–Crippen LogP) is 4.30. The second-order valence-corrected chi connectivity index (χ2v) is 7.50. The van der Waals surface area contributed by atoms with Gasteiger partial charge in [-0.05, 0) is 38.0 Å². The Hall–Kier alpha value is -3.61. The van der Waals surface area contributed by atoms with Crippen LogP contribution in [0.5, 0.6) is 0 Å². The number of nitrogens with zero attached hydrogens (tertiary/aromatic N) is 4. The van der Waals surface area contributed by atoms with E-state index in [1.807, 2.05) is 17.9 Å². The first-order chi connectivity index (χ1) is 14.6. The Morgan fingerprint density at radius 2 is 1.77 bits per heavy atom. The van der Waals surface area contributed by atoms with Gasteiger partial charge in [0.25, 0.3) is 0 Å². The summed E-state index contributed by atoms with van der Waals surface area (Å²) in [5.74, 6) is -0.146. The molecule has 1 N–H and O–H groups in total. The van der Waals surface area contributed by atoms with Crippen LogP contribution in [0, 0.1) is 12.7 Å². The van der Waals surface area contributed by atoms with Gasteiger partial charge in [0.2, 0.25) is 0 Å². The molecule has 0 atom stereocenters. The number of anilines is 1. The van der Waals surface area contributed by atoms with E-state index in [1.54, 1.807) is 43.0 Å². The van der Waals surface area contributed by atoms with E-state index < -0.39 is 5.82 Å². The van der Waals surface area contributed by atoms with Crippen molar-refractivity contribution in [2.75, 3.05) is 18.0 Å². The van der Waals surface area contributed by atoms with Crippen molar-refractivity contribution < 1.29 is 9.18 Å². The number of carbonyl (C=O) groups excluding carboxylic acids is 1. The van der Waals surface area contributed by atoms with E-state index in [9.17, 15) is 4.79 Å². The molecule has 4 heterocycles. The fourth-order valence-electron chi connectivity index (χ4n) is 3.93. The van der Waals surface area contributed by atoms with Gasteiger partial charge in [-0.2, -0.15) is 0 Å². The van der Waals surface area contributed by atoms with Gasteiger partial charge in [-0.3, -0.25) is 4.79 Å². The van der Waals surface area contributed by atoms with Crippen LogP contribution in [0.25, 0.3) is 22.2 Å². The third-order valence-electron chi connectivity index (χ3n) is 5.56. The van der Waals surface area contributed by atoms with Crippen LogP contribution >= 0.6 is 0 Å². The number of nitrogens with one attached hydrogen (secondary N) is 1. The van der Waals surface area contributed by atoms with Crippen molar-refractivity contribution in [1.82, 2.24) is 19.9 Å². The van der Waals surface area contributed by atoms with Gasteiger partial charge >= 0.3 is 0 Å². The fourth-order valence-corrected chi connectivity index (χ4v) is 3.93. The number of ketones is 1. The standard InChI is InChI=1S/C23H20FN5O/c1-14-25-11-16(12-26-14)15-9-18-19(13-28-23(18)27-10-15)22(30)17-5-4-6-20(21(17)24)29-7-2-3-8-29/h4-6,9-13H,2-3,7-8H2,1H3,(H,27,28). The highest BCUT2D eigenvalue weighted by Gasteiger charge is 2.23. The number of hydrogen-bond donors (Lipinski definition) is 1. The fraction of sp³-hybridized carbons (Fsp3) is 0.217. The van der Waals surface area contributed by atoms with Gasteiger partial charge < -0.3 is 9.88 Å². The minimum Gasteiger partial charge on any atom is -0.369 e. The van der Waals surface area contributed by atoms with Crippen molar-refractivity contribution in [3.05, 3.63) is 71.8 Å². The lowest BCUT2D eigenvalue weighted by Gasteiger charge is -2.19. The topological polar surface area (TPSA) is 74.8 Å². The van der Waals surface area contributed by atoms with Crippen molar-refractivity contribution in [3.8, 4) is 11.1 Å². The van der Waals surface area contributed by atoms with Crippen LogP contribution < -0.4 is 4.90 Å². The third-order valence-corrected chi connectivity index (χ3v) is 5.56. The first-order valence-electron chi connectivity index (χ1n) is 9.96. The molecule has 4 aromatic rings. The molecule has 1 fully saturated rings. The van der Waals surface area contributed by atoms with Gasteiger partial charge in [0, 0.05) is 60.0 Å². The van der Waals surface area contributed by atoms with E-state index in [4.69, 9.17) is 0 Å². The number of fused-ring (bicyclic) bond motifs is 1. The summed E-state index contributed by atoms with van der Waals surface area (Å²) in [5.41, 5.74) is 3.13. The molecule has 5 rings (SSSR count). The average Bonchev–Trinajstić information content (AvgIpc) is 3.44. The molecular weight excluding hydrogens is 381 g/mol. The summed E-state index contributed by atoms with van der Waals surface area (Å²) in [7, 11) is 0. The maximum absolute atomic E-state index is 15.2. The molecule has 7 heteroatoms. The molecule has 30 heavy (non-hydrogen) atoms. The zero-order valence-electron chi connectivity index (χ0n) is 16.5. The first kappa shape index (κ1) is 18.4. The molecule has 3 aromatic heterocycles. The van der Waals surface area contributed by atoms with Gasteiger partial charge in [0.1, 0.15) is 11.5 Å². The Balaban J connectivity index is 1.56. The molecule has 0 spiro atoms. The summed E-state index contributed by atoms with van der Waals surface area (Å²) in [6.07, 6.45) is 8.82. The largest absolute Gasteiger partial charge is 0.369 e. The molecule has 0 radical (unpaired) electrons. The van der Waals surface area contributed by atoms with Crippen LogP contribution in [0.4, 0.5) is 10.1 Å². The SMILES string of the molecule is Cc1ncc(-c2cnc3[nH]cc(C(=O)c4cccc(N5CCCC5)c4F)c3c2)cn1. The number of halogens is 1. The maximum Gasteiger partial charge on any atom is 0.198 e. The van der Waals surface area contributed by atoms with Gasteiger partial charge in [0.15, 0.2) is 11.6 Å². The Bertz CT molecular complexity index is 1240. The number of hydrogen-bond acceptors (Lipinski definition) is 5. The minimum absolute atomic E-state index is 0.0735. The quantitative estimate of drug-likeness (QED) is 0.516. The summed E-state index contributed by atoms with van der Waals surface area (Å²) in [6, 6.07) is 6.89. The average molecular weight is 401 g/mol. The van der Waals surface area contributed by atoms with Crippen molar-refractivity contribution in [1.29, 1.82) is 0 Å². The second-order valence-electron chi connectivity index (χ2n) is 7.50. The van der Waals surface area contributed by atoms with E-state index >= 15 is 4.39 Å². The molecule has 1 aromatic carbocycles. The zero-order valence-corrected chi connectivity index (χ0v) is 16.5. The molecule has 6 nitrogen and oxygen atoms in total. The van der Waals surface area contributed by atoms with Crippen molar-refractivity contribution in [2.24, 2.45) is 0 Å². The lowest BCUT2D eigenvalue weighted by molar-refractivity contribution is 0.103. The molecule has 0 saturated carbocycles. The van der Waals surface area contributed by atoms with Gasteiger partial charge in [-0.1, -0.05) is 6.07 Å². The molecule has 0 bridgehead atoms. The van der Waals surface area contributed by atoms with Crippen molar-refractivity contribution >= 4 is 22.5 Å². The van der Waals surface area contributed by atoms with Crippen LogP contribution in [0.3, 0.4) is 0 Å². The molecule has 150 valence electrons. The number of aromatic amines is 1. The van der Waals surface area contributed by atoms with Crippen LogP contribution in [-0.4, -0.2) is 38.8 Å². The van der Waals surface area contributed by atoms with Crippen molar-refractivity contribution in [2.45, 2.75) is 19.8 Å². The molecule has 0 amide bonds. The summed E-state index contributed by atoms with van der Waals surface area (Å²) >= 11 is 0. The monoisotopic (exact) mass is 401 g/mol. The lowest BCUT2D eigenvalue weighted by Crippen LogP contribution is -2.20. The predicted molar refractivity (Wildman–Crippen MR) is 113 cm³/mol. The van der Waals surface area contributed by atoms with E-state index in [0.717, 1.165) is 37.1 Å². The Kier molecular flexibility index (Phi) is 4.50. The summed E-state index contributed by atoms with van der Waals surface area (Å²) in [4.78, 5) is 31.1. The van der Waals surface area contributed by atoms with Crippen LogP contribution in [0.1, 0.15) is 34.6 Å². The number of carbonyl (C=O) groups is 1. The summed E-state index contributed by atoms with van der Waals surface area (Å²) in [6.45, 7) is 3.44. The van der Waals surface area contributed by atoms with E-state index in [2.05, 4.69) is 19.9 Å².